The Morgan fingerprint density at radius 3 is 1.64 bits per heavy atom. The van der Waals surface area contributed by atoms with Gasteiger partial charge in [0.05, 0.1) is 16.4 Å². The van der Waals surface area contributed by atoms with Gasteiger partial charge in [0.2, 0.25) is 0 Å². The first kappa shape index (κ1) is 34.8. The van der Waals surface area contributed by atoms with Crippen LogP contribution in [0.15, 0.2) is 218 Å². The summed E-state index contributed by atoms with van der Waals surface area (Å²) in [5.41, 5.74) is 19.1. The van der Waals surface area contributed by atoms with Crippen LogP contribution in [0.3, 0.4) is 0 Å². The van der Waals surface area contributed by atoms with E-state index < -0.39 is 5.41 Å². The first-order valence-corrected chi connectivity index (χ1v) is 20.5. The normalized spacial score (nSPS) is 12.7. The molecule has 0 amide bonds. The summed E-state index contributed by atoms with van der Waals surface area (Å²) in [5, 5.41) is 2.47. The summed E-state index contributed by atoms with van der Waals surface area (Å²) in [5.74, 6) is 0. The van der Waals surface area contributed by atoms with Crippen LogP contribution in [-0.2, 0) is 5.41 Å². The number of aryl methyl sites for hydroxylation is 2. The third-order valence-electron chi connectivity index (χ3n) is 12.3. The molecule has 0 saturated carbocycles. The van der Waals surface area contributed by atoms with Crippen LogP contribution in [0.4, 0.5) is 17.1 Å². The van der Waals surface area contributed by atoms with Crippen LogP contribution in [-0.4, -0.2) is 4.57 Å². The minimum atomic E-state index is -0.438. The highest BCUT2D eigenvalue weighted by Gasteiger charge is 2.46. The number of hydrogen-bond acceptors (Lipinski definition) is 1. The quantitative estimate of drug-likeness (QED) is 0.157. The number of hydrogen-bond donors (Lipinski definition) is 0. The minimum absolute atomic E-state index is 0.438. The van der Waals surface area contributed by atoms with Gasteiger partial charge < -0.3 is 9.47 Å². The molecule has 0 unspecified atom stereocenters. The molecule has 11 rings (SSSR count). The van der Waals surface area contributed by atoms with Crippen LogP contribution < -0.4 is 4.90 Å². The molecule has 0 aliphatic heterocycles. The summed E-state index contributed by atoms with van der Waals surface area (Å²) in [6, 6.07) is 80.5. The lowest BCUT2D eigenvalue weighted by Crippen LogP contribution is -2.28. The fourth-order valence-electron chi connectivity index (χ4n) is 9.91. The molecule has 0 atom stereocenters. The summed E-state index contributed by atoms with van der Waals surface area (Å²) >= 11 is 0. The third-order valence-corrected chi connectivity index (χ3v) is 12.3. The van der Waals surface area contributed by atoms with Crippen molar-refractivity contribution in [1.82, 2.24) is 4.57 Å². The van der Waals surface area contributed by atoms with Crippen LogP contribution in [0.5, 0.6) is 0 Å². The topological polar surface area (TPSA) is 8.17 Å². The molecule has 1 aromatic heterocycles. The Kier molecular flexibility index (Phi) is 8.20. The van der Waals surface area contributed by atoms with E-state index >= 15 is 0 Å². The number of nitrogens with zero attached hydrogens (tertiary/aromatic N) is 2. The molecule has 1 aliphatic carbocycles. The molecule has 2 heteroatoms. The molecular formula is C57H42N2. The third kappa shape index (κ3) is 5.56. The molecule has 1 heterocycles. The molecule has 280 valence electrons. The zero-order chi connectivity index (χ0) is 39.5. The molecule has 59 heavy (non-hydrogen) atoms. The Balaban J connectivity index is 1.06. The largest absolute Gasteiger partial charge is 0.310 e. The lowest BCUT2D eigenvalue weighted by Gasteiger charge is -2.34. The van der Waals surface area contributed by atoms with E-state index in [1.165, 1.54) is 77.4 Å². The van der Waals surface area contributed by atoms with E-state index in [1.54, 1.807) is 0 Å². The van der Waals surface area contributed by atoms with Crippen molar-refractivity contribution in [3.63, 3.8) is 0 Å². The van der Waals surface area contributed by atoms with E-state index in [4.69, 9.17) is 0 Å². The number of aromatic nitrogens is 1. The van der Waals surface area contributed by atoms with Crippen LogP contribution in [0.2, 0.25) is 0 Å². The van der Waals surface area contributed by atoms with E-state index in [0.717, 1.165) is 22.7 Å². The molecule has 0 fully saturated rings. The Labute approximate surface area is 345 Å². The molecule has 0 spiro atoms. The summed E-state index contributed by atoms with van der Waals surface area (Å²) in [6.07, 6.45) is 0. The summed E-state index contributed by atoms with van der Waals surface area (Å²) < 4.78 is 2.38. The molecule has 10 aromatic rings. The highest BCUT2D eigenvalue weighted by atomic mass is 15.1. The number of rotatable bonds is 7. The average Bonchev–Trinajstić information content (AvgIpc) is 3.77. The van der Waals surface area contributed by atoms with E-state index in [2.05, 4.69) is 242 Å². The van der Waals surface area contributed by atoms with E-state index in [1.807, 2.05) is 0 Å². The molecule has 0 N–H and O–H groups in total. The SMILES string of the molecule is Cc1cc(C)cc(N(c2ccc(-c3ccc4c(c3)C(c3ccccc3)(c3ccccc3)c3ccccc3-4)cc2)c2ccc3c(c2)c2ccccc2n3-c2ccccc2)c1. The van der Waals surface area contributed by atoms with Gasteiger partial charge in [-0.25, -0.2) is 0 Å². The van der Waals surface area contributed by atoms with E-state index in [-0.39, 0.29) is 0 Å². The zero-order valence-corrected chi connectivity index (χ0v) is 33.2. The lowest BCUT2D eigenvalue weighted by molar-refractivity contribution is 0.769. The number of anilines is 3. The van der Waals surface area contributed by atoms with Gasteiger partial charge >= 0.3 is 0 Å². The Hall–Kier alpha value is -7.42. The fourth-order valence-corrected chi connectivity index (χ4v) is 9.91. The van der Waals surface area contributed by atoms with E-state index in [9.17, 15) is 0 Å². The van der Waals surface area contributed by atoms with Crippen molar-refractivity contribution in [2.75, 3.05) is 4.90 Å². The van der Waals surface area contributed by atoms with Crippen LogP contribution >= 0.6 is 0 Å². The standard InChI is InChI=1S/C57H42N2/c1-39-34-40(2)36-48(35-39)58(47-31-33-56-52(38-47)51-23-13-15-25-55(51)59(56)45-20-10-5-11-21-45)46-29-26-41(27-30-46)42-28-32-50-49-22-12-14-24-53(49)57(54(50)37-42,43-16-6-3-7-17-43)44-18-8-4-9-19-44/h3-38H,1-2H3. The monoisotopic (exact) mass is 754 g/mol. The van der Waals surface area contributed by atoms with Gasteiger partial charge in [-0.15, -0.1) is 0 Å². The zero-order valence-electron chi connectivity index (χ0n) is 33.2. The average molecular weight is 755 g/mol. The predicted molar refractivity (Wildman–Crippen MR) is 248 cm³/mol. The predicted octanol–water partition coefficient (Wildman–Crippen LogP) is 14.9. The molecule has 0 saturated heterocycles. The highest BCUT2D eigenvalue weighted by Crippen LogP contribution is 2.56. The van der Waals surface area contributed by atoms with Crippen molar-refractivity contribution in [1.29, 1.82) is 0 Å². The van der Waals surface area contributed by atoms with Crippen LogP contribution in [0.25, 0.3) is 49.7 Å². The molecule has 0 radical (unpaired) electrons. The second-order valence-electron chi connectivity index (χ2n) is 15.9. The van der Waals surface area contributed by atoms with Crippen molar-refractivity contribution in [2.24, 2.45) is 0 Å². The van der Waals surface area contributed by atoms with Gasteiger partial charge in [-0.3, -0.25) is 0 Å². The number of para-hydroxylation sites is 2. The Morgan fingerprint density at radius 1 is 0.373 bits per heavy atom. The summed E-state index contributed by atoms with van der Waals surface area (Å²) in [4.78, 5) is 2.41. The first-order chi connectivity index (χ1) is 29.1. The Morgan fingerprint density at radius 2 is 0.932 bits per heavy atom. The van der Waals surface area contributed by atoms with Crippen LogP contribution in [0, 0.1) is 13.8 Å². The van der Waals surface area contributed by atoms with Gasteiger partial charge in [0.1, 0.15) is 0 Å². The van der Waals surface area contributed by atoms with Crippen LogP contribution in [0.1, 0.15) is 33.4 Å². The van der Waals surface area contributed by atoms with Gasteiger partial charge in [-0.05, 0) is 136 Å². The maximum absolute atomic E-state index is 2.45. The molecule has 2 nitrogen and oxygen atoms in total. The molecular weight excluding hydrogens is 713 g/mol. The molecule has 0 bridgehead atoms. The fraction of sp³-hybridized carbons (Fsp3) is 0.0526. The second-order valence-corrected chi connectivity index (χ2v) is 15.9. The van der Waals surface area contributed by atoms with Crippen molar-refractivity contribution in [3.05, 3.63) is 252 Å². The Bertz CT molecular complexity index is 3100. The lowest BCUT2D eigenvalue weighted by atomic mass is 9.67. The summed E-state index contributed by atoms with van der Waals surface area (Å²) in [6.45, 7) is 4.37. The number of fused-ring (bicyclic) bond motifs is 6. The van der Waals surface area contributed by atoms with Crippen molar-refractivity contribution >= 4 is 38.9 Å². The smallest absolute Gasteiger partial charge is 0.0713 e. The summed E-state index contributed by atoms with van der Waals surface area (Å²) in [7, 11) is 0. The van der Waals surface area contributed by atoms with Gasteiger partial charge in [0.25, 0.3) is 0 Å². The van der Waals surface area contributed by atoms with Gasteiger partial charge in [-0.2, -0.15) is 0 Å². The van der Waals surface area contributed by atoms with Gasteiger partial charge in [0.15, 0.2) is 0 Å². The number of benzene rings is 9. The maximum Gasteiger partial charge on any atom is 0.0713 e. The minimum Gasteiger partial charge on any atom is -0.310 e. The molecule has 1 aliphatic rings. The molecule has 9 aromatic carbocycles. The van der Waals surface area contributed by atoms with Gasteiger partial charge in [0, 0.05) is 33.5 Å². The van der Waals surface area contributed by atoms with Crippen molar-refractivity contribution in [2.45, 2.75) is 19.3 Å². The van der Waals surface area contributed by atoms with Crippen molar-refractivity contribution in [3.8, 4) is 27.9 Å². The first-order valence-electron chi connectivity index (χ1n) is 20.5. The maximum atomic E-state index is 2.45. The highest BCUT2D eigenvalue weighted by molar-refractivity contribution is 6.10. The second kappa shape index (κ2) is 13.9. The van der Waals surface area contributed by atoms with E-state index in [0.29, 0.717) is 0 Å². The van der Waals surface area contributed by atoms with Gasteiger partial charge in [-0.1, -0.05) is 152 Å². The van der Waals surface area contributed by atoms with Crippen molar-refractivity contribution < 1.29 is 0 Å².